The topological polar surface area (TPSA) is 42.5 Å². The summed E-state index contributed by atoms with van der Waals surface area (Å²) in [7, 11) is 3.23. The van der Waals surface area contributed by atoms with E-state index < -0.39 is 0 Å². The average Bonchev–Trinajstić information content (AvgIpc) is 2.60. The van der Waals surface area contributed by atoms with E-state index in [1.165, 1.54) is 16.7 Å². The summed E-state index contributed by atoms with van der Waals surface area (Å²) in [6.07, 6.45) is 0.942. The molecule has 1 atom stereocenters. The van der Waals surface area contributed by atoms with Crippen LogP contribution in [0.2, 0.25) is 0 Å². The van der Waals surface area contributed by atoms with Crippen LogP contribution >= 0.6 is 12.2 Å². The predicted octanol–water partition coefficient (Wildman–Crippen LogP) is 4.76. The number of nitrogens with one attached hydrogen (secondary N) is 2. The summed E-state index contributed by atoms with van der Waals surface area (Å²) < 4.78 is 10.6. The van der Waals surface area contributed by atoms with Crippen LogP contribution in [0.4, 0.5) is 5.69 Å². The molecular weight excluding hydrogens is 332 g/mol. The molecule has 0 unspecified atom stereocenters. The zero-order chi connectivity index (χ0) is 18.4. The summed E-state index contributed by atoms with van der Waals surface area (Å²) in [5.74, 6) is 1.35. The molecular formula is C20H26N2O2S. The Hall–Kier alpha value is -2.27. The fourth-order valence-corrected chi connectivity index (χ4v) is 3.12. The van der Waals surface area contributed by atoms with Crippen molar-refractivity contribution in [3.63, 3.8) is 0 Å². The third kappa shape index (κ3) is 4.86. The summed E-state index contributed by atoms with van der Waals surface area (Å²) in [4.78, 5) is 0. The molecule has 25 heavy (non-hydrogen) atoms. The van der Waals surface area contributed by atoms with Crippen molar-refractivity contribution >= 4 is 23.0 Å². The molecule has 0 aliphatic rings. The van der Waals surface area contributed by atoms with Gasteiger partial charge in [0.15, 0.2) is 16.6 Å². The van der Waals surface area contributed by atoms with E-state index in [2.05, 4.69) is 49.6 Å². The van der Waals surface area contributed by atoms with Crippen LogP contribution < -0.4 is 20.1 Å². The summed E-state index contributed by atoms with van der Waals surface area (Å²) >= 11 is 5.49. The van der Waals surface area contributed by atoms with E-state index in [9.17, 15) is 0 Å². The first-order valence-corrected chi connectivity index (χ1v) is 8.76. The van der Waals surface area contributed by atoms with Gasteiger partial charge in [0.2, 0.25) is 0 Å². The summed E-state index contributed by atoms with van der Waals surface area (Å²) in [6, 6.07) is 12.3. The number of anilines is 1. The van der Waals surface area contributed by atoms with E-state index in [0.717, 1.165) is 12.1 Å². The minimum Gasteiger partial charge on any atom is -0.493 e. The predicted molar refractivity (Wildman–Crippen MR) is 108 cm³/mol. The highest BCUT2D eigenvalue weighted by Crippen LogP contribution is 2.30. The van der Waals surface area contributed by atoms with Crippen molar-refractivity contribution in [1.82, 2.24) is 5.32 Å². The number of ether oxygens (including phenoxy) is 2. The van der Waals surface area contributed by atoms with Gasteiger partial charge in [0.05, 0.1) is 20.3 Å². The number of hydrogen-bond donors (Lipinski definition) is 2. The van der Waals surface area contributed by atoms with Gasteiger partial charge in [-0.15, -0.1) is 0 Å². The summed E-state index contributed by atoms with van der Waals surface area (Å²) in [5.41, 5.74) is 4.66. The molecule has 0 aliphatic heterocycles. The van der Waals surface area contributed by atoms with E-state index in [1.54, 1.807) is 14.2 Å². The van der Waals surface area contributed by atoms with Gasteiger partial charge in [-0.2, -0.15) is 0 Å². The van der Waals surface area contributed by atoms with E-state index in [0.29, 0.717) is 16.6 Å². The molecule has 2 aromatic rings. The van der Waals surface area contributed by atoms with Gasteiger partial charge in [-0.05, 0) is 55.7 Å². The first-order valence-electron chi connectivity index (χ1n) is 8.35. The second-order valence-electron chi connectivity index (χ2n) is 5.99. The second kappa shape index (κ2) is 8.72. The first-order chi connectivity index (χ1) is 12.0. The third-order valence-electron chi connectivity index (χ3n) is 4.16. The molecule has 2 rings (SSSR count). The first kappa shape index (κ1) is 19.1. The lowest BCUT2D eigenvalue weighted by Gasteiger charge is -2.22. The Morgan fingerprint density at radius 1 is 1.04 bits per heavy atom. The van der Waals surface area contributed by atoms with E-state index in [1.807, 2.05) is 18.2 Å². The Morgan fingerprint density at radius 2 is 1.76 bits per heavy atom. The SMILES string of the molecule is CC[C@H](NC(=S)Nc1ccc(OC)c(OC)c1)c1ccc(C)cc1C. The zero-order valence-electron chi connectivity index (χ0n) is 15.5. The van der Waals surface area contributed by atoms with Crippen molar-refractivity contribution in [3.8, 4) is 11.5 Å². The van der Waals surface area contributed by atoms with Crippen molar-refractivity contribution in [2.75, 3.05) is 19.5 Å². The summed E-state index contributed by atoms with van der Waals surface area (Å²) in [5, 5.41) is 7.21. The minimum absolute atomic E-state index is 0.167. The maximum atomic E-state index is 5.49. The largest absolute Gasteiger partial charge is 0.493 e. The maximum absolute atomic E-state index is 5.49. The lowest BCUT2D eigenvalue weighted by atomic mass is 9.98. The number of thiocarbonyl (C=S) groups is 1. The van der Waals surface area contributed by atoms with Crippen molar-refractivity contribution in [1.29, 1.82) is 0 Å². The van der Waals surface area contributed by atoms with Crippen LogP contribution in [0.25, 0.3) is 0 Å². The number of hydrogen-bond acceptors (Lipinski definition) is 3. The molecule has 0 saturated carbocycles. The number of methoxy groups -OCH3 is 2. The van der Waals surface area contributed by atoms with Crippen LogP contribution in [-0.2, 0) is 0 Å². The van der Waals surface area contributed by atoms with Crippen molar-refractivity contribution in [2.24, 2.45) is 0 Å². The Bertz CT molecular complexity index is 746. The molecule has 0 radical (unpaired) electrons. The zero-order valence-corrected chi connectivity index (χ0v) is 16.3. The standard InChI is InChI=1S/C20H26N2O2S/c1-6-17(16-9-7-13(2)11-14(16)3)22-20(25)21-15-8-10-18(23-4)19(12-15)24-5/h7-12,17H,6H2,1-5H3,(H2,21,22,25)/t17-/m0/s1. The van der Waals surface area contributed by atoms with Crippen LogP contribution in [0.5, 0.6) is 11.5 Å². The van der Waals surface area contributed by atoms with Crippen LogP contribution in [0, 0.1) is 13.8 Å². The van der Waals surface area contributed by atoms with Gasteiger partial charge in [-0.25, -0.2) is 0 Å². The molecule has 2 aromatic carbocycles. The Kier molecular flexibility index (Phi) is 6.65. The van der Waals surface area contributed by atoms with Crippen molar-refractivity contribution < 1.29 is 9.47 Å². The highest BCUT2D eigenvalue weighted by molar-refractivity contribution is 7.80. The fraction of sp³-hybridized carbons (Fsp3) is 0.350. The Labute approximate surface area is 155 Å². The van der Waals surface area contributed by atoms with Gasteiger partial charge >= 0.3 is 0 Å². The van der Waals surface area contributed by atoms with Gasteiger partial charge < -0.3 is 20.1 Å². The Morgan fingerprint density at radius 3 is 2.36 bits per heavy atom. The van der Waals surface area contributed by atoms with Crippen LogP contribution in [0.1, 0.15) is 36.1 Å². The van der Waals surface area contributed by atoms with E-state index in [-0.39, 0.29) is 6.04 Å². The molecule has 0 spiro atoms. The lowest BCUT2D eigenvalue weighted by Crippen LogP contribution is -2.32. The number of rotatable bonds is 6. The van der Waals surface area contributed by atoms with Crippen molar-refractivity contribution in [3.05, 3.63) is 53.1 Å². The minimum atomic E-state index is 0.167. The average molecular weight is 359 g/mol. The molecule has 0 heterocycles. The van der Waals surface area contributed by atoms with E-state index >= 15 is 0 Å². The number of benzene rings is 2. The van der Waals surface area contributed by atoms with Gasteiger partial charge in [-0.3, -0.25) is 0 Å². The summed E-state index contributed by atoms with van der Waals surface area (Å²) in [6.45, 7) is 6.39. The molecule has 4 nitrogen and oxygen atoms in total. The quantitative estimate of drug-likeness (QED) is 0.729. The fourth-order valence-electron chi connectivity index (χ4n) is 2.86. The van der Waals surface area contributed by atoms with Gasteiger partial charge in [0.1, 0.15) is 0 Å². The maximum Gasteiger partial charge on any atom is 0.171 e. The highest BCUT2D eigenvalue weighted by Gasteiger charge is 2.13. The van der Waals surface area contributed by atoms with Crippen LogP contribution in [0.3, 0.4) is 0 Å². The molecule has 0 aliphatic carbocycles. The van der Waals surface area contributed by atoms with Crippen molar-refractivity contribution in [2.45, 2.75) is 33.2 Å². The van der Waals surface area contributed by atoms with Crippen LogP contribution in [0.15, 0.2) is 36.4 Å². The van der Waals surface area contributed by atoms with Gasteiger partial charge in [0.25, 0.3) is 0 Å². The Balaban J connectivity index is 2.10. The molecule has 0 aromatic heterocycles. The highest BCUT2D eigenvalue weighted by atomic mass is 32.1. The third-order valence-corrected chi connectivity index (χ3v) is 4.38. The molecule has 0 bridgehead atoms. The monoisotopic (exact) mass is 358 g/mol. The molecule has 0 saturated heterocycles. The van der Waals surface area contributed by atoms with Gasteiger partial charge in [-0.1, -0.05) is 30.7 Å². The van der Waals surface area contributed by atoms with E-state index in [4.69, 9.17) is 21.7 Å². The normalized spacial score (nSPS) is 11.6. The molecule has 0 fully saturated rings. The smallest absolute Gasteiger partial charge is 0.171 e. The number of aryl methyl sites for hydroxylation is 2. The molecule has 0 amide bonds. The van der Waals surface area contributed by atoms with Crippen LogP contribution in [-0.4, -0.2) is 19.3 Å². The van der Waals surface area contributed by atoms with Gasteiger partial charge in [0, 0.05) is 11.8 Å². The lowest BCUT2D eigenvalue weighted by molar-refractivity contribution is 0.355. The second-order valence-corrected chi connectivity index (χ2v) is 6.40. The molecule has 134 valence electrons. The molecule has 2 N–H and O–H groups in total. The molecule has 5 heteroatoms.